The summed E-state index contributed by atoms with van der Waals surface area (Å²) in [6.45, 7) is 4.33. The fourth-order valence-electron chi connectivity index (χ4n) is 2.05. The molecule has 2 N–H and O–H groups in total. The van der Waals surface area contributed by atoms with Gasteiger partial charge >= 0.3 is 0 Å². The fraction of sp³-hybridized carbons (Fsp3) is 0.222. The Bertz CT molecular complexity index is 705. The predicted octanol–water partition coefficient (Wildman–Crippen LogP) is 3.40. The van der Waals surface area contributed by atoms with Crippen molar-refractivity contribution in [1.82, 2.24) is 0 Å². The van der Waals surface area contributed by atoms with Gasteiger partial charge < -0.3 is 15.4 Å². The van der Waals surface area contributed by atoms with Crippen molar-refractivity contribution in [2.45, 2.75) is 19.9 Å². The Morgan fingerprint density at radius 1 is 1.22 bits per heavy atom. The van der Waals surface area contributed by atoms with Crippen molar-refractivity contribution in [3.63, 3.8) is 0 Å². The van der Waals surface area contributed by atoms with Gasteiger partial charge in [0.15, 0.2) is 0 Å². The van der Waals surface area contributed by atoms with Gasteiger partial charge in [-0.15, -0.1) is 0 Å². The van der Waals surface area contributed by atoms with E-state index < -0.39 is 6.04 Å². The van der Waals surface area contributed by atoms with Crippen LogP contribution in [0.15, 0.2) is 48.5 Å². The van der Waals surface area contributed by atoms with Gasteiger partial charge in [0, 0.05) is 11.4 Å². The number of anilines is 2. The van der Waals surface area contributed by atoms with E-state index in [-0.39, 0.29) is 5.91 Å². The van der Waals surface area contributed by atoms with E-state index in [4.69, 9.17) is 10.00 Å². The molecule has 5 heteroatoms. The quantitative estimate of drug-likeness (QED) is 0.857. The molecule has 1 amide bonds. The smallest absolute Gasteiger partial charge is 0.246 e. The molecule has 0 saturated heterocycles. The van der Waals surface area contributed by atoms with Crippen molar-refractivity contribution in [2.24, 2.45) is 0 Å². The number of rotatable bonds is 6. The molecule has 0 aliphatic rings. The molecule has 23 heavy (non-hydrogen) atoms. The number of amides is 1. The van der Waals surface area contributed by atoms with Gasteiger partial charge in [-0.25, -0.2) is 0 Å². The van der Waals surface area contributed by atoms with Gasteiger partial charge in [0.1, 0.15) is 11.8 Å². The van der Waals surface area contributed by atoms with E-state index >= 15 is 0 Å². The summed E-state index contributed by atoms with van der Waals surface area (Å²) in [6.07, 6.45) is 0. The highest BCUT2D eigenvalue weighted by atomic mass is 16.5. The van der Waals surface area contributed by atoms with E-state index in [1.807, 2.05) is 37.3 Å². The minimum Gasteiger partial charge on any atom is -0.494 e. The van der Waals surface area contributed by atoms with Crippen LogP contribution in [0.25, 0.3) is 0 Å². The first-order chi connectivity index (χ1) is 11.1. The van der Waals surface area contributed by atoms with Crippen LogP contribution in [0.4, 0.5) is 11.4 Å². The maximum absolute atomic E-state index is 12.2. The van der Waals surface area contributed by atoms with Gasteiger partial charge in [-0.05, 0) is 56.3 Å². The van der Waals surface area contributed by atoms with Crippen molar-refractivity contribution in [2.75, 3.05) is 17.2 Å². The molecule has 0 aliphatic carbocycles. The Morgan fingerprint density at radius 2 is 1.96 bits per heavy atom. The Labute approximate surface area is 135 Å². The number of carbonyl (C=O) groups excluding carboxylic acids is 1. The van der Waals surface area contributed by atoms with E-state index in [1.165, 1.54) is 0 Å². The van der Waals surface area contributed by atoms with E-state index in [9.17, 15) is 4.79 Å². The number of hydrogen-bond donors (Lipinski definition) is 2. The van der Waals surface area contributed by atoms with E-state index in [1.54, 1.807) is 31.2 Å². The molecule has 0 spiro atoms. The summed E-state index contributed by atoms with van der Waals surface area (Å²) < 4.78 is 5.38. The molecule has 118 valence electrons. The lowest BCUT2D eigenvalue weighted by Crippen LogP contribution is -2.31. The topological polar surface area (TPSA) is 74.2 Å². The summed E-state index contributed by atoms with van der Waals surface area (Å²) in [7, 11) is 0. The lowest BCUT2D eigenvalue weighted by Gasteiger charge is -2.15. The van der Waals surface area contributed by atoms with Gasteiger partial charge in [-0.3, -0.25) is 4.79 Å². The Hall–Kier alpha value is -3.00. The Kier molecular flexibility index (Phi) is 5.59. The third-order valence-electron chi connectivity index (χ3n) is 3.20. The van der Waals surface area contributed by atoms with Gasteiger partial charge in [-0.1, -0.05) is 6.07 Å². The molecule has 0 bridgehead atoms. The Balaban J connectivity index is 1.95. The van der Waals surface area contributed by atoms with E-state index in [0.717, 1.165) is 11.4 Å². The molecule has 0 saturated carbocycles. The van der Waals surface area contributed by atoms with Gasteiger partial charge in [0.2, 0.25) is 5.91 Å². The van der Waals surface area contributed by atoms with Gasteiger partial charge in [0.05, 0.1) is 18.2 Å². The molecule has 2 aromatic rings. The van der Waals surface area contributed by atoms with Crippen LogP contribution in [0, 0.1) is 11.3 Å². The fourth-order valence-corrected chi connectivity index (χ4v) is 2.05. The molecule has 0 radical (unpaired) electrons. The zero-order chi connectivity index (χ0) is 16.7. The minimum atomic E-state index is -0.418. The van der Waals surface area contributed by atoms with Crippen molar-refractivity contribution in [3.05, 3.63) is 54.1 Å². The summed E-state index contributed by atoms with van der Waals surface area (Å²) in [5.41, 5.74) is 1.95. The summed E-state index contributed by atoms with van der Waals surface area (Å²) in [5, 5.41) is 14.8. The highest BCUT2D eigenvalue weighted by Crippen LogP contribution is 2.17. The second-order valence-electron chi connectivity index (χ2n) is 5.01. The molecule has 2 rings (SSSR count). The van der Waals surface area contributed by atoms with E-state index in [0.29, 0.717) is 17.9 Å². The number of benzene rings is 2. The zero-order valence-corrected chi connectivity index (χ0v) is 13.2. The monoisotopic (exact) mass is 309 g/mol. The number of carbonyl (C=O) groups is 1. The lowest BCUT2D eigenvalue weighted by molar-refractivity contribution is -0.116. The van der Waals surface area contributed by atoms with E-state index in [2.05, 4.69) is 10.6 Å². The maximum Gasteiger partial charge on any atom is 0.246 e. The molecule has 0 unspecified atom stereocenters. The first-order valence-corrected chi connectivity index (χ1v) is 7.43. The minimum absolute atomic E-state index is 0.172. The van der Waals surface area contributed by atoms with Crippen molar-refractivity contribution in [3.8, 4) is 11.8 Å². The molecule has 0 aliphatic heterocycles. The predicted molar refractivity (Wildman–Crippen MR) is 90.5 cm³/mol. The second-order valence-corrected chi connectivity index (χ2v) is 5.01. The van der Waals surface area contributed by atoms with Gasteiger partial charge in [-0.2, -0.15) is 5.26 Å². The zero-order valence-electron chi connectivity index (χ0n) is 13.2. The summed E-state index contributed by atoms with van der Waals surface area (Å²) in [5.74, 6) is 0.623. The molecule has 0 fully saturated rings. The first-order valence-electron chi connectivity index (χ1n) is 7.43. The van der Waals surface area contributed by atoms with Crippen LogP contribution in [-0.4, -0.2) is 18.6 Å². The third kappa shape index (κ3) is 4.75. The number of nitriles is 1. The van der Waals surface area contributed by atoms with Crippen molar-refractivity contribution >= 4 is 17.3 Å². The SMILES string of the molecule is CCOc1ccc(N[C@H](C)C(=O)Nc2cccc(C#N)c2)cc1. The maximum atomic E-state index is 12.2. The summed E-state index contributed by atoms with van der Waals surface area (Å²) in [6, 6.07) is 15.9. The number of ether oxygens (including phenoxy) is 1. The average molecular weight is 309 g/mol. The second kappa shape index (κ2) is 7.85. The number of nitrogens with one attached hydrogen (secondary N) is 2. The van der Waals surface area contributed by atoms with Crippen LogP contribution in [0.3, 0.4) is 0 Å². The standard InChI is InChI=1S/C18H19N3O2/c1-3-23-17-9-7-15(8-10-17)20-13(2)18(22)21-16-6-4-5-14(11-16)12-19/h4-11,13,20H,3H2,1-2H3,(H,21,22)/t13-/m1/s1. The Morgan fingerprint density at radius 3 is 2.61 bits per heavy atom. The summed E-state index contributed by atoms with van der Waals surface area (Å²) >= 11 is 0. The van der Waals surface area contributed by atoms with Crippen molar-refractivity contribution in [1.29, 1.82) is 5.26 Å². The lowest BCUT2D eigenvalue weighted by atomic mass is 10.2. The summed E-state index contributed by atoms with van der Waals surface area (Å²) in [4.78, 5) is 12.2. The largest absolute Gasteiger partial charge is 0.494 e. The normalized spacial score (nSPS) is 11.2. The molecule has 5 nitrogen and oxygen atoms in total. The molecule has 2 aromatic carbocycles. The van der Waals surface area contributed by atoms with Crippen LogP contribution in [0.2, 0.25) is 0 Å². The number of nitrogens with zero attached hydrogens (tertiary/aromatic N) is 1. The highest BCUT2D eigenvalue weighted by molar-refractivity contribution is 5.96. The average Bonchev–Trinajstić information content (AvgIpc) is 2.57. The third-order valence-corrected chi connectivity index (χ3v) is 3.20. The molecule has 1 atom stereocenters. The van der Waals surface area contributed by atoms with Crippen LogP contribution >= 0.6 is 0 Å². The molecular weight excluding hydrogens is 290 g/mol. The molecule has 0 heterocycles. The molecular formula is C18H19N3O2. The van der Waals surface area contributed by atoms with Crippen LogP contribution in [-0.2, 0) is 4.79 Å². The highest BCUT2D eigenvalue weighted by Gasteiger charge is 2.13. The number of hydrogen-bond acceptors (Lipinski definition) is 4. The van der Waals surface area contributed by atoms with Crippen LogP contribution in [0.1, 0.15) is 19.4 Å². The first kappa shape index (κ1) is 16.4. The van der Waals surface area contributed by atoms with Gasteiger partial charge in [0.25, 0.3) is 0 Å². The molecule has 0 aromatic heterocycles. The van der Waals surface area contributed by atoms with Crippen LogP contribution in [0.5, 0.6) is 5.75 Å². The van der Waals surface area contributed by atoms with Crippen molar-refractivity contribution < 1.29 is 9.53 Å². The van der Waals surface area contributed by atoms with Crippen LogP contribution < -0.4 is 15.4 Å².